The monoisotopic (exact) mass is 254 g/mol. The van der Waals surface area contributed by atoms with Crippen molar-refractivity contribution in [3.05, 3.63) is 0 Å². The fourth-order valence-electron chi connectivity index (χ4n) is 3.89. The van der Waals surface area contributed by atoms with Crippen molar-refractivity contribution in [3.8, 4) is 0 Å². The van der Waals surface area contributed by atoms with Gasteiger partial charge in [-0.3, -0.25) is 4.90 Å². The summed E-state index contributed by atoms with van der Waals surface area (Å²) >= 11 is 0. The molecule has 1 saturated carbocycles. The van der Waals surface area contributed by atoms with Crippen molar-refractivity contribution < 1.29 is 5.11 Å². The predicted octanol–water partition coefficient (Wildman–Crippen LogP) is 1.95. The lowest BCUT2D eigenvalue weighted by Crippen LogP contribution is -2.43. The van der Waals surface area contributed by atoms with Crippen molar-refractivity contribution in [1.29, 1.82) is 0 Å². The summed E-state index contributed by atoms with van der Waals surface area (Å²) in [5.74, 6) is 0. The van der Waals surface area contributed by atoms with Gasteiger partial charge in [-0.1, -0.05) is 26.7 Å². The second-order valence-electron chi connectivity index (χ2n) is 7.11. The van der Waals surface area contributed by atoms with Gasteiger partial charge in [-0.05, 0) is 31.7 Å². The van der Waals surface area contributed by atoms with Crippen molar-refractivity contribution in [2.24, 2.45) is 5.41 Å². The van der Waals surface area contributed by atoms with E-state index in [1.807, 2.05) is 0 Å². The van der Waals surface area contributed by atoms with Gasteiger partial charge in [-0.25, -0.2) is 0 Å². The van der Waals surface area contributed by atoms with Gasteiger partial charge in [0.15, 0.2) is 0 Å². The molecule has 0 bridgehead atoms. The lowest BCUT2D eigenvalue weighted by atomic mass is 9.92. The second kappa shape index (κ2) is 5.89. The van der Waals surface area contributed by atoms with Crippen LogP contribution in [0.1, 0.15) is 46.0 Å². The minimum atomic E-state index is 0.313. The number of aliphatic hydroxyl groups is 1. The molecule has 1 unspecified atom stereocenters. The van der Waals surface area contributed by atoms with E-state index in [9.17, 15) is 5.11 Å². The number of likely N-dealkylation sites (N-methyl/N-ethyl adjacent to an activating group) is 1. The summed E-state index contributed by atoms with van der Waals surface area (Å²) in [4.78, 5) is 5.18. The summed E-state index contributed by atoms with van der Waals surface area (Å²) < 4.78 is 0. The highest BCUT2D eigenvalue weighted by atomic mass is 16.3. The quantitative estimate of drug-likeness (QED) is 0.834. The van der Waals surface area contributed by atoms with Crippen LogP contribution in [-0.4, -0.2) is 60.3 Å². The summed E-state index contributed by atoms with van der Waals surface area (Å²) in [7, 11) is 2.22. The standard InChI is InChI=1S/C15H30N2O/c1-15(2)11-16(3)14(8-9-18)10-17(12-15)13-6-4-5-7-13/h13-14,18H,4-12H2,1-3H3. The molecule has 0 amide bonds. The van der Waals surface area contributed by atoms with Crippen LogP contribution < -0.4 is 0 Å². The zero-order valence-corrected chi connectivity index (χ0v) is 12.4. The molecule has 0 aromatic rings. The molecule has 1 aliphatic heterocycles. The molecule has 1 atom stereocenters. The lowest BCUT2D eigenvalue weighted by Gasteiger charge is -2.33. The maximum atomic E-state index is 9.26. The van der Waals surface area contributed by atoms with Gasteiger partial charge in [-0.15, -0.1) is 0 Å². The van der Waals surface area contributed by atoms with Crippen molar-refractivity contribution in [2.45, 2.75) is 58.0 Å². The van der Waals surface area contributed by atoms with E-state index in [4.69, 9.17) is 0 Å². The van der Waals surface area contributed by atoms with Crippen LogP contribution in [0, 0.1) is 5.41 Å². The Bertz CT molecular complexity index is 261. The third-order valence-electron chi connectivity index (χ3n) is 4.68. The highest BCUT2D eigenvalue weighted by Gasteiger charge is 2.35. The van der Waals surface area contributed by atoms with E-state index in [2.05, 4.69) is 30.7 Å². The molecule has 2 rings (SSSR count). The van der Waals surface area contributed by atoms with Crippen LogP contribution in [0.15, 0.2) is 0 Å². The minimum absolute atomic E-state index is 0.313. The molecule has 106 valence electrons. The number of hydrogen-bond acceptors (Lipinski definition) is 3. The van der Waals surface area contributed by atoms with Crippen molar-refractivity contribution in [1.82, 2.24) is 9.80 Å². The van der Waals surface area contributed by atoms with Crippen LogP contribution in [0.4, 0.5) is 0 Å². The van der Waals surface area contributed by atoms with E-state index < -0.39 is 0 Å². The third kappa shape index (κ3) is 3.46. The Morgan fingerprint density at radius 1 is 1.17 bits per heavy atom. The summed E-state index contributed by atoms with van der Waals surface area (Å²) in [6, 6.07) is 1.33. The Labute approximate surface area is 112 Å². The van der Waals surface area contributed by atoms with E-state index in [1.165, 1.54) is 32.2 Å². The minimum Gasteiger partial charge on any atom is -0.396 e. The molecule has 0 aromatic heterocycles. The van der Waals surface area contributed by atoms with Gasteiger partial charge in [0.2, 0.25) is 0 Å². The largest absolute Gasteiger partial charge is 0.396 e. The second-order valence-corrected chi connectivity index (χ2v) is 7.11. The Hall–Kier alpha value is -0.120. The van der Waals surface area contributed by atoms with Crippen molar-refractivity contribution in [2.75, 3.05) is 33.3 Å². The maximum absolute atomic E-state index is 9.26. The van der Waals surface area contributed by atoms with Gasteiger partial charge in [0.1, 0.15) is 0 Å². The number of nitrogens with zero attached hydrogens (tertiary/aromatic N) is 2. The van der Waals surface area contributed by atoms with Crippen LogP contribution in [0.2, 0.25) is 0 Å². The Morgan fingerprint density at radius 3 is 2.44 bits per heavy atom. The summed E-state index contributed by atoms with van der Waals surface area (Å²) in [5.41, 5.74) is 0.363. The van der Waals surface area contributed by atoms with Crippen LogP contribution in [0.5, 0.6) is 0 Å². The highest BCUT2D eigenvalue weighted by Crippen LogP contribution is 2.31. The zero-order valence-electron chi connectivity index (χ0n) is 12.4. The maximum Gasteiger partial charge on any atom is 0.0446 e. The van der Waals surface area contributed by atoms with Crippen LogP contribution in [0.25, 0.3) is 0 Å². The Morgan fingerprint density at radius 2 is 1.83 bits per heavy atom. The third-order valence-corrected chi connectivity index (χ3v) is 4.68. The van der Waals surface area contributed by atoms with Gasteiger partial charge in [0.05, 0.1) is 0 Å². The molecule has 1 N–H and O–H groups in total. The van der Waals surface area contributed by atoms with Gasteiger partial charge in [0.25, 0.3) is 0 Å². The topological polar surface area (TPSA) is 26.7 Å². The van der Waals surface area contributed by atoms with E-state index in [1.54, 1.807) is 0 Å². The molecule has 2 fully saturated rings. The molecule has 0 spiro atoms. The SMILES string of the molecule is CN1CC(C)(C)CN(C2CCCC2)CC1CCO. The predicted molar refractivity (Wildman–Crippen MR) is 75.7 cm³/mol. The first-order valence-electron chi connectivity index (χ1n) is 7.57. The molecule has 0 aromatic carbocycles. The normalized spacial score (nSPS) is 31.7. The van der Waals surface area contributed by atoms with Crippen LogP contribution in [-0.2, 0) is 0 Å². The molecule has 3 nitrogen and oxygen atoms in total. The van der Waals surface area contributed by atoms with Crippen LogP contribution in [0.3, 0.4) is 0 Å². The molecule has 1 saturated heterocycles. The van der Waals surface area contributed by atoms with E-state index in [0.29, 0.717) is 18.1 Å². The number of aliphatic hydroxyl groups excluding tert-OH is 1. The molecular weight excluding hydrogens is 224 g/mol. The Kier molecular flexibility index (Phi) is 4.68. The lowest BCUT2D eigenvalue weighted by molar-refractivity contribution is 0.138. The molecule has 3 heteroatoms. The average molecular weight is 254 g/mol. The summed E-state index contributed by atoms with van der Waals surface area (Å²) in [5, 5.41) is 9.26. The van der Waals surface area contributed by atoms with Crippen molar-refractivity contribution >= 4 is 0 Å². The fourth-order valence-corrected chi connectivity index (χ4v) is 3.89. The highest BCUT2D eigenvalue weighted by molar-refractivity contribution is 4.90. The van der Waals surface area contributed by atoms with E-state index in [-0.39, 0.29) is 0 Å². The molecule has 0 radical (unpaired) electrons. The van der Waals surface area contributed by atoms with Gasteiger partial charge in [-0.2, -0.15) is 0 Å². The Balaban J connectivity index is 2.07. The molecule has 18 heavy (non-hydrogen) atoms. The molecular formula is C15H30N2O. The van der Waals surface area contributed by atoms with Gasteiger partial charge < -0.3 is 10.0 Å². The first-order chi connectivity index (χ1) is 8.52. The van der Waals surface area contributed by atoms with Gasteiger partial charge in [0, 0.05) is 38.3 Å². The van der Waals surface area contributed by atoms with Gasteiger partial charge >= 0.3 is 0 Å². The zero-order chi connectivity index (χ0) is 13.2. The first-order valence-corrected chi connectivity index (χ1v) is 7.57. The average Bonchev–Trinajstić information content (AvgIpc) is 2.76. The smallest absolute Gasteiger partial charge is 0.0446 e. The van der Waals surface area contributed by atoms with E-state index in [0.717, 1.165) is 25.6 Å². The summed E-state index contributed by atoms with van der Waals surface area (Å²) in [6.07, 6.45) is 6.48. The van der Waals surface area contributed by atoms with E-state index >= 15 is 0 Å². The fraction of sp³-hybridized carbons (Fsp3) is 1.00. The molecule has 1 aliphatic carbocycles. The summed E-state index contributed by atoms with van der Waals surface area (Å²) in [6.45, 7) is 8.57. The van der Waals surface area contributed by atoms with Crippen LogP contribution >= 0.6 is 0 Å². The first kappa shape index (κ1) is 14.3. The van der Waals surface area contributed by atoms with Crippen molar-refractivity contribution in [3.63, 3.8) is 0 Å². The number of hydrogen-bond donors (Lipinski definition) is 1. The molecule has 1 heterocycles. The number of rotatable bonds is 3. The molecule has 2 aliphatic rings.